The lowest BCUT2D eigenvalue weighted by Crippen LogP contribution is -2.46. The molecule has 1 fully saturated rings. The first-order chi connectivity index (χ1) is 7.44. The van der Waals surface area contributed by atoms with E-state index in [9.17, 15) is 4.79 Å². The summed E-state index contributed by atoms with van der Waals surface area (Å²) in [5.74, 6) is -0.00266. The Balaban J connectivity index is 1.92. The van der Waals surface area contributed by atoms with Gasteiger partial charge >= 0.3 is 0 Å². The average Bonchev–Trinajstić information content (AvgIpc) is 2.80. The van der Waals surface area contributed by atoms with Crippen LogP contribution in [0.3, 0.4) is 0 Å². The Bertz CT molecular complexity index is 380. The summed E-state index contributed by atoms with van der Waals surface area (Å²) in [4.78, 5) is 13.0. The van der Waals surface area contributed by atoms with Crippen LogP contribution < -0.4 is 11.1 Å². The van der Waals surface area contributed by atoms with Crippen molar-refractivity contribution >= 4 is 17.2 Å². The molecular weight excluding hydrogens is 220 g/mol. The van der Waals surface area contributed by atoms with Crippen molar-refractivity contribution < 1.29 is 4.79 Å². The Kier molecular flexibility index (Phi) is 2.80. The van der Waals surface area contributed by atoms with E-state index < -0.39 is 5.54 Å². The Labute approximate surface area is 100 Å². The van der Waals surface area contributed by atoms with Crippen molar-refractivity contribution in [3.05, 3.63) is 22.4 Å². The first-order valence-corrected chi connectivity index (χ1v) is 6.43. The van der Waals surface area contributed by atoms with Gasteiger partial charge in [-0.25, -0.2) is 0 Å². The van der Waals surface area contributed by atoms with Crippen molar-refractivity contribution in [3.8, 4) is 0 Å². The zero-order valence-electron chi connectivity index (χ0n) is 9.75. The minimum Gasteiger partial charge on any atom is -0.354 e. The number of nitrogens with two attached hydrogens (primary N) is 1. The van der Waals surface area contributed by atoms with Crippen LogP contribution in [-0.2, 0) is 10.2 Å². The molecule has 0 saturated heterocycles. The van der Waals surface area contributed by atoms with Gasteiger partial charge in [0, 0.05) is 16.8 Å². The molecule has 3 N–H and O–H groups in total. The van der Waals surface area contributed by atoms with Gasteiger partial charge in [-0.1, -0.05) is 19.9 Å². The second kappa shape index (κ2) is 3.86. The van der Waals surface area contributed by atoms with Crippen LogP contribution in [0.15, 0.2) is 17.5 Å². The third kappa shape index (κ3) is 2.28. The van der Waals surface area contributed by atoms with E-state index in [1.807, 2.05) is 6.07 Å². The minimum atomic E-state index is -0.564. The van der Waals surface area contributed by atoms with E-state index in [-0.39, 0.29) is 11.3 Å². The fraction of sp³-hybridized carbons (Fsp3) is 0.583. The van der Waals surface area contributed by atoms with Crippen molar-refractivity contribution in [2.75, 3.05) is 6.54 Å². The van der Waals surface area contributed by atoms with Gasteiger partial charge in [0.05, 0.1) is 5.54 Å². The predicted octanol–water partition coefficient (Wildman–Crippen LogP) is 1.63. The number of hydrogen-bond donors (Lipinski definition) is 2. The Morgan fingerprint density at radius 2 is 2.31 bits per heavy atom. The van der Waals surface area contributed by atoms with Gasteiger partial charge in [-0.15, -0.1) is 11.3 Å². The maximum absolute atomic E-state index is 11.7. The summed E-state index contributed by atoms with van der Waals surface area (Å²) in [6.07, 6.45) is 1.64. The van der Waals surface area contributed by atoms with E-state index in [1.54, 1.807) is 11.3 Å². The minimum absolute atomic E-state index is 0.00266. The van der Waals surface area contributed by atoms with Crippen molar-refractivity contribution in [2.24, 2.45) is 5.73 Å². The Hall–Kier alpha value is -0.870. The van der Waals surface area contributed by atoms with Crippen molar-refractivity contribution in [2.45, 2.75) is 37.6 Å². The predicted molar refractivity (Wildman–Crippen MR) is 66.5 cm³/mol. The SMILES string of the molecule is CC(C)(CNC(=O)C1(N)CC1)c1cccs1. The molecule has 1 aromatic heterocycles. The molecule has 16 heavy (non-hydrogen) atoms. The van der Waals surface area contributed by atoms with Crippen LogP contribution in [0.1, 0.15) is 31.6 Å². The number of thiophene rings is 1. The van der Waals surface area contributed by atoms with Crippen LogP contribution in [-0.4, -0.2) is 18.0 Å². The normalized spacial score (nSPS) is 18.2. The number of carbonyl (C=O) groups is 1. The molecule has 1 amide bonds. The van der Waals surface area contributed by atoms with Gasteiger partial charge in [-0.05, 0) is 24.3 Å². The molecule has 0 aliphatic heterocycles. The van der Waals surface area contributed by atoms with Crippen molar-refractivity contribution in [3.63, 3.8) is 0 Å². The van der Waals surface area contributed by atoms with E-state index >= 15 is 0 Å². The van der Waals surface area contributed by atoms with Crippen molar-refractivity contribution in [1.29, 1.82) is 0 Å². The molecule has 0 radical (unpaired) electrons. The third-order valence-corrected chi connectivity index (χ3v) is 4.36. The van der Waals surface area contributed by atoms with Crippen LogP contribution in [0.25, 0.3) is 0 Å². The standard InChI is InChI=1S/C12H18N2OS/c1-11(2,9-4-3-7-16-9)8-14-10(15)12(13)5-6-12/h3-4,7H,5-6,8,13H2,1-2H3,(H,14,15). The largest absolute Gasteiger partial charge is 0.354 e. The summed E-state index contributed by atoms with van der Waals surface area (Å²) in [6.45, 7) is 4.91. The van der Waals surface area contributed by atoms with Gasteiger partial charge in [0.25, 0.3) is 0 Å². The molecule has 0 spiro atoms. The highest BCUT2D eigenvalue weighted by atomic mass is 32.1. The maximum atomic E-state index is 11.7. The maximum Gasteiger partial charge on any atom is 0.240 e. The number of hydrogen-bond acceptors (Lipinski definition) is 3. The fourth-order valence-electron chi connectivity index (χ4n) is 1.59. The molecule has 1 aliphatic rings. The van der Waals surface area contributed by atoms with E-state index in [0.717, 1.165) is 12.8 Å². The molecule has 3 nitrogen and oxygen atoms in total. The molecular formula is C12H18N2OS. The Morgan fingerprint density at radius 1 is 1.62 bits per heavy atom. The topological polar surface area (TPSA) is 55.1 Å². The summed E-state index contributed by atoms with van der Waals surface area (Å²) in [7, 11) is 0. The summed E-state index contributed by atoms with van der Waals surface area (Å²) in [5.41, 5.74) is 5.25. The molecule has 2 rings (SSSR count). The van der Waals surface area contributed by atoms with Crippen LogP contribution in [0.4, 0.5) is 0 Å². The molecule has 88 valence electrons. The van der Waals surface area contributed by atoms with Gasteiger partial charge in [0.1, 0.15) is 0 Å². The lowest BCUT2D eigenvalue weighted by molar-refractivity contribution is -0.123. The second-order valence-corrected chi connectivity index (χ2v) is 6.15. The van der Waals surface area contributed by atoms with E-state index in [1.165, 1.54) is 4.88 Å². The van der Waals surface area contributed by atoms with Crippen LogP contribution in [0.2, 0.25) is 0 Å². The van der Waals surface area contributed by atoms with E-state index in [2.05, 4.69) is 30.6 Å². The molecule has 1 aliphatic carbocycles. The molecule has 1 saturated carbocycles. The zero-order valence-corrected chi connectivity index (χ0v) is 10.6. The molecule has 1 heterocycles. The van der Waals surface area contributed by atoms with Gasteiger partial charge in [0.15, 0.2) is 0 Å². The fourth-order valence-corrected chi connectivity index (χ4v) is 2.44. The summed E-state index contributed by atoms with van der Waals surface area (Å²) in [5, 5.41) is 5.02. The first-order valence-electron chi connectivity index (χ1n) is 5.55. The number of carbonyl (C=O) groups excluding carboxylic acids is 1. The Morgan fingerprint density at radius 3 is 2.81 bits per heavy atom. The summed E-state index contributed by atoms with van der Waals surface area (Å²) < 4.78 is 0. The summed E-state index contributed by atoms with van der Waals surface area (Å²) in [6, 6.07) is 4.14. The average molecular weight is 238 g/mol. The summed E-state index contributed by atoms with van der Waals surface area (Å²) >= 11 is 1.72. The lowest BCUT2D eigenvalue weighted by atomic mass is 9.91. The van der Waals surface area contributed by atoms with Gasteiger partial charge in [0.2, 0.25) is 5.91 Å². The molecule has 0 aromatic carbocycles. The highest BCUT2D eigenvalue weighted by Crippen LogP contribution is 2.33. The zero-order chi connectivity index (χ0) is 11.8. The monoisotopic (exact) mass is 238 g/mol. The van der Waals surface area contributed by atoms with Crippen LogP contribution >= 0.6 is 11.3 Å². The molecule has 4 heteroatoms. The smallest absolute Gasteiger partial charge is 0.240 e. The van der Waals surface area contributed by atoms with Gasteiger partial charge in [-0.2, -0.15) is 0 Å². The number of nitrogens with one attached hydrogen (secondary N) is 1. The first kappa shape index (κ1) is 11.6. The second-order valence-electron chi connectivity index (χ2n) is 5.20. The molecule has 0 bridgehead atoms. The number of rotatable bonds is 4. The highest BCUT2D eigenvalue weighted by molar-refractivity contribution is 7.10. The molecule has 0 atom stereocenters. The number of amides is 1. The van der Waals surface area contributed by atoms with Gasteiger partial charge in [-0.3, -0.25) is 4.79 Å². The van der Waals surface area contributed by atoms with Crippen LogP contribution in [0.5, 0.6) is 0 Å². The third-order valence-electron chi connectivity index (χ3n) is 3.12. The molecule has 1 aromatic rings. The molecule has 0 unspecified atom stereocenters. The van der Waals surface area contributed by atoms with E-state index in [0.29, 0.717) is 6.54 Å². The van der Waals surface area contributed by atoms with Crippen molar-refractivity contribution in [1.82, 2.24) is 5.32 Å². The lowest BCUT2D eigenvalue weighted by Gasteiger charge is -2.24. The van der Waals surface area contributed by atoms with Gasteiger partial charge < -0.3 is 11.1 Å². The highest BCUT2D eigenvalue weighted by Gasteiger charge is 2.46. The van der Waals surface area contributed by atoms with E-state index in [4.69, 9.17) is 5.73 Å². The van der Waals surface area contributed by atoms with Crippen LogP contribution in [0, 0.1) is 0 Å². The quantitative estimate of drug-likeness (QED) is 0.837.